The van der Waals surface area contributed by atoms with Gasteiger partial charge < -0.3 is 19.3 Å². The Morgan fingerprint density at radius 1 is 1.25 bits per heavy atom. The van der Waals surface area contributed by atoms with E-state index in [-0.39, 0.29) is 19.8 Å². The monoisotopic (exact) mass is 286 g/mol. The van der Waals surface area contributed by atoms with E-state index >= 15 is 0 Å². The van der Waals surface area contributed by atoms with Gasteiger partial charge in [0.15, 0.2) is 6.29 Å². The topological polar surface area (TPSA) is 82.1 Å². The highest BCUT2D eigenvalue weighted by Crippen LogP contribution is 2.24. The molecule has 0 aromatic heterocycles. The Balaban J connectivity index is 4.75. The minimum atomic E-state index is -1.13. The van der Waals surface area contributed by atoms with Crippen LogP contribution in [0.15, 0.2) is 25.3 Å². The summed E-state index contributed by atoms with van der Waals surface area (Å²) in [6.07, 6.45) is 1.66. The van der Waals surface area contributed by atoms with Crippen molar-refractivity contribution in [3.8, 4) is 0 Å². The Bertz CT molecular complexity index is 352. The number of carbonyl (C=O) groups excluding carboxylic acids is 2. The van der Waals surface area contributed by atoms with Crippen LogP contribution in [0.4, 0.5) is 0 Å². The second-order valence-electron chi connectivity index (χ2n) is 4.38. The Morgan fingerprint density at radius 3 is 2.30 bits per heavy atom. The molecule has 0 radical (unpaired) electrons. The van der Waals surface area contributed by atoms with Gasteiger partial charge >= 0.3 is 11.9 Å². The largest absolute Gasteiger partial charge is 0.465 e. The zero-order valence-corrected chi connectivity index (χ0v) is 12.0. The average molecular weight is 286 g/mol. The molecule has 0 heterocycles. The van der Waals surface area contributed by atoms with Crippen LogP contribution in [-0.2, 0) is 23.8 Å². The molecule has 20 heavy (non-hydrogen) atoms. The van der Waals surface area contributed by atoms with E-state index in [0.717, 1.165) is 6.08 Å². The van der Waals surface area contributed by atoms with E-state index in [4.69, 9.17) is 14.2 Å². The van der Waals surface area contributed by atoms with Crippen LogP contribution in [0.5, 0.6) is 0 Å². The lowest BCUT2D eigenvalue weighted by Gasteiger charge is -2.31. The number of aliphatic hydroxyl groups excluding tert-OH is 1. The molecule has 6 heteroatoms. The van der Waals surface area contributed by atoms with E-state index in [9.17, 15) is 14.7 Å². The van der Waals surface area contributed by atoms with Crippen molar-refractivity contribution in [3.05, 3.63) is 25.3 Å². The minimum absolute atomic E-state index is 0.00844. The van der Waals surface area contributed by atoms with Crippen LogP contribution in [0.25, 0.3) is 0 Å². The Labute approximate surface area is 119 Å². The molecule has 0 aromatic rings. The number of hydrogen-bond acceptors (Lipinski definition) is 6. The smallest absolute Gasteiger partial charge is 0.330 e. The summed E-state index contributed by atoms with van der Waals surface area (Å²) in [6.45, 7) is 9.89. The van der Waals surface area contributed by atoms with Gasteiger partial charge in [0.25, 0.3) is 0 Å². The van der Waals surface area contributed by atoms with Gasteiger partial charge in [0.2, 0.25) is 0 Å². The molecule has 0 aliphatic carbocycles. The summed E-state index contributed by atoms with van der Waals surface area (Å²) in [6, 6.07) is 0. The van der Waals surface area contributed by atoms with Crippen molar-refractivity contribution in [1.82, 2.24) is 0 Å². The standard InChI is InChI=1S/C14H22O6/c1-5-12(16)19-9-14(7-3,8-18-11(4)15)10-20-13(17)6-2/h5-6,12,16H,1-2,7-10H2,3-4H3. The van der Waals surface area contributed by atoms with Crippen molar-refractivity contribution < 1.29 is 28.9 Å². The first-order valence-electron chi connectivity index (χ1n) is 6.24. The lowest BCUT2D eigenvalue weighted by molar-refractivity contribution is -0.160. The fourth-order valence-corrected chi connectivity index (χ4v) is 1.30. The van der Waals surface area contributed by atoms with Crippen molar-refractivity contribution in [2.45, 2.75) is 26.6 Å². The van der Waals surface area contributed by atoms with Crippen molar-refractivity contribution in [3.63, 3.8) is 0 Å². The van der Waals surface area contributed by atoms with E-state index in [0.29, 0.717) is 6.42 Å². The molecular weight excluding hydrogens is 264 g/mol. The summed E-state index contributed by atoms with van der Waals surface area (Å²) in [5.74, 6) is -1.02. The van der Waals surface area contributed by atoms with Crippen LogP contribution in [0, 0.1) is 5.41 Å². The maximum Gasteiger partial charge on any atom is 0.330 e. The molecule has 0 saturated heterocycles. The SMILES string of the molecule is C=CC(=O)OCC(CC)(COC(C)=O)COC(O)C=C. The third-order valence-corrected chi connectivity index (χ3v) is 2.78. The zero-order chi connectivity index (χ0) is 15.6. The van der Waals surface area contributed by atoms with Crippen LogP contribution in [0.2, 0.25) is 0 Å². The summed E-state index contributed by atoms with van der Waals surface area (Å²) in [7, 11) is 0. The molecule has 1 N–H and O–H groups in total. The molecule has 0 bridgehead atoms. The van der Waals surface area contributed by atoms with Crippen molar-refractivity contribution >= 4 is 11.9 Å². The summed E-state index contributed by atoms with van der Waals surface area (Å²) in [5.41, 5.74) is -0.728. The van der Waals surface area contributed by atoms with Gasteiger partial charge in [-0.25, -0.2) is 4.79 Å². The molecule has 0 spiro atoms. The van der Waals surface area contributed by atoms with Gasteiger partial charge in [0, 0.05) is 13.0 Å². The number of esters is 2. The number of aliphatic hydroxyl groups is 1. The highest BCUT2D eigenvalue weighted by Gasteiger charge is 2.32. The molecule has 0 fully saturated rings. The van der Waals surface area contributed by atoms with Crippen molar-refractivity contribution in [2.24, 2.45) is 5.41 Å². The number of carbonyl (C=O) groups is 2. The average Bonchev–Trinajstić information content (AvgIpc) is 2.46. The fourth-order valence-electron chi connectivity index (χ4n) is 1.30. The van der Waals surface area contributed by atoms with Crippen LogP contribution in [0.3, 0.4) is 0 Å². The molecular formula is C14H22O6. The normalized spacial score (nSPS) is 14.8. The zero-order valence-electron chi connectivity index (χ0n) is 12.0. The molecule has 0 saturated carbocycles. The third-order valence-electron chi connectivity index (χ3n) is 2.78. The lowest BCUT2D eigenvalue weighted by atomic mass is 9.88. The van der Waals surface area contributed by atoms with Gasteiger partial charge in [-0.3, -0.25) is 4.79 Å². The van der Waals surface area contributed by atoms with E-state index in [2.05, 4.69) is 13.2 Å². The first-order valence-corrected chi connectivity index (χ1v) is 6.24. The molecule has 0 aromatic carbocycles. The van der Waals surface area contributed by atoms with Crippen LogP contribution in [0.1, 0.15) is 20.3 Å². The van der Waals surface area contributed by atoms with Gasteiger partial charge in [0.05, 0.1) is 12.0 Å². The Morgan fingerprint density at radius 2 is 1.85 bits per heavy atom. The molecule has 0 aliphatic rings. The van der Waals surface area contributed by atoms with Gasteiger partial charge in [-0.2, -0.15) is 0 Å². The lowest BCUT2D eigenvalue weighted by Crippen LogP contribution is -2.39. The molecule has 0 amide bonds. The summed E-state index contributed by atoms with van der Waals surface area (Å²) >= 11 is 0. The number of hydrogen-bond donors (Lipinski definition) is 1. The predicted molar refractivity (Wildman–Crippen MR) is 72.7 cm³/mol. The van der Waals surface area contributed by atoms with Crippen LogP contribution < -0.4 is 0 Å². The first kappa shape index (κ1) is 18.3. The van der Waals surface area contributed by atoms with Crippen LogP contribution in [-0.4, -0.2) is 43.2 Å². The minimum Gasteiger partial charge on any atom is -0.465 e. The van der Waals surface area contributed by atoms with Gasteiger partial charge in [-0.05, 0) is 12.5 Å². The molecule has 0 rings (SSSR count). The highest BCUT2D eigenvalue weighted by molar-refractivity contribution is 5.81. The summed E-state index contributed by atoms with van der Waals surface area (Å²) in [5, 5.41) is 9.35. The molecule has 114 valence electrons. The molecule has 6 nitrogen and oxygen atoms in total. The van der Waals surface area contributed by atoms with Gasteiger partial charge in [-0.1, -0.05) is 20.1 Å². The third kappa shape index (κ3) is 7.06. The summed E-state index contributed by atoms with van der Waals surface area (Å²) in [4.78, 5) is 22.1. The van der Waals surface area contributed by atoms with E-state index in [1.807, 2.05) is 6.92 Å². The van der Waals surface area contributed by atoms with Gasteiger partial charge in [-0.15, -0.1) is 0 Å². The highest BCUT2D eigenvalue weighted by atomic mass is 16.6. The predicted octanol–water partition coefficient (Wildman–Crippen LogP) is 1.20. The Hall–Kier alpha value is -1.66. The van der Waals surface area contributed by atoms with E-state index in [1.54, 1.807) is 0 Å². The van der Waals surface area contributed by atoms with Crippen molar-refractivity contribution in [2.75, 3.05) is 19.8 Å². The number of rotatable bonds is 10. The quantitative estimate of drug-likeness (QED) is 0.281. The molecule has 2 unspecified atom stereocenters. The molecule has 0 aliphatic heterocycles. The summed E-state index contributed by atoms with van der Waals surface area (Å²) < 4.78 is 15.2. The van der Waals surface area contributed by atoms with E-state index in [1.165, 1.54) is 13.0 Å². The fraction of sp³-hybridized carbons (Fsp3) is 0.571. The first-order chi connectivity index (χ1) is 9.39. The maximum absolute atomic E-state index is 11.2. The maximum atomic E-state index is 11.2. The molecule has 2 atom stereocenters. The number of ether oxygens (including phenoxy) is 3. The van der Waals surface area contributed by atoms with E-state index < -0.39 is 23.6 Å². The second kappa shape index (κ2) is 9.28. The van der Waals surface area contributed by atoms with Crippen LogP contribution >= 0.6 is 0 Å². The van der Waals surface area contributed by atoms with Crippen molar-refractivity contribution in [1.29, 1.82) is 0 Å². The second-order valence-corrected chi connectivity index (χ2v) is 4.38. The van der Waals surface area contributed by atoms with Gasteiger partial charge in [0.1, 0.15) is 13.2 Å². The Kier molecular flexibility index (Phi) is 8.51.